The lowest BCUT2D eigenvalue weighted by Gasteiger charge is -2.20. The molecule has 140 valence electrons. The van der Waals surface area contributed by atoms with E-state index in [4.69, 9.17) is 9.84 Å². The maximum Gasteiger partial charge on any atom is 0.118 e. The van der Waals surface area contributed by atoms with Crippen molar-refractivity contribution in [1.82, 2.24) is 0 Å². The number of hydrogen-bond acceptors (Lipinski definition) is 4. The molecule has 1 unspecified atom stereocenters. The van der Waals surface area contributed by atoms with E-state index in [0.29, 0.717) is 0 Å². The van der Waals surface area contributed by atoms with Crippen molar-refractivity contribution in [1.29, 1.82) is 0 Å². The highest BCUT2D eigenvalue weighted by Crippen LogP contribution is 2.26. The van der Waals surface area contributed by atoms with Gasteiger partial charge in [0, 0.05) is 6.42 Å². The Balaban J connectivity index is 1.55. The van der Waals surface area contributed by atoms with Gasteiger partial charge < -0.3 is 4.74 Å². The van der Waals surface area contributed by atoms with Crippen LogP contribution in [0.4, 0.5) is 5.69 Å². The van der Waals surface area contributed by atoms with Gasteiger partial charge in [0.15, 0.2) is 0 Å². The lowest BCUT2D eigenvalue weighted by molar-refractivity contribution is 0.415. The Bertz CT molecular complexity index is 973. The van der Waals surface area contributed by atoms with Crippen molar-refractivity contribution in [2.75, 3.05) is 12.1 Å². The molecule has 1 aliphatic rings. The Hall–Kier alpha value is -3.11. The van der Waals surface area contributed by atoms with Crippen molar-refractivity contribution in [2.24, 2.45) is 5.10 Å². The van der Waals surface area contributed by atoms with E-state index >= 15 is 0 Å². The van der Waals surface area contributed by atoms with Crippen molar-refractivity contribution in [3.05, 3.63) is 94.7 Å². The van der Waals surface area contributed by atoms with Crippen LogP contribution in [0.3, 0.4) is 0 Å². The maximum absolute atomic E-state index is 5.24. The van der Waals surface area contributed by atoms with Crippen LogP contribution in [0.5, 0.6) is 5.75 Å². The molecule has 0 amide bonds. The van der Waals surface area contributed by atoms with Crippen molar-refractivity contribution in [3.63, 3.8) is 0 Å². The number of para-hydroxylation sites is 1. The SMILES string of the molecule is COc1ccc(C=CC2CC(C=Cc3ccsc3)=NN2c2ccccc2)cc1. The highest BCUT2D eigenvalue weighted by atomic mass is 32.1. The van der Waals surface area contributed by atoms with E-state index in [1.54, 1.807) is 18.4 Å². The fourth-order valence-electron chi connectivity index (χ4n) is 3.13. The number of methoxy groups -OCH3 is 1. The van der Waals surface area contributed by atoms with Gasteiger partial charge in [-0.25, -0.2) is 0 Å². The first kappa shape index (κ1) is 18.3. The molecule has 2 heterocycles. The minimum absolute atomic E-state index is 0.187. The van der Waals surface area contributed by atoms with Crippen LogP contribution >= 0.6 is 11.3 Å². The predicted molar refractivity (Wildman–Crippen MR) is 120 cm³/mol. The van der Waals surface area contributed by atoms with Crippen LogP contribution in [-0.2, 0) is 0 Å². The summed E-state index contributed by atoms with van der Waals surface area (Å²) in [6, 6.07) is 20.7. The van der Waals surface area contributed by atoms with Gasteiger partial charge in [-0.3, -0.25) is 5.01 Å². The topological polar surface area (TPSA) is 24.8 Å². The molecule has 0 radical (unpaired) electrons. The quantitative estimate of drug-likeness (QED) is 0.510. The number of anilines is 1. The lowest BCUT2D eigenvalue weighted by Crippen LogP contribution is -2.23. The minimum Gasteiger partial charge on any atom is -0.497 e. The molecule has 0 bridgehead atoms. The number of hydrazone groups is 1. The third-order valence-corrected chi connectivity index (χ3v) is 5.33. The summed E-state index contributed by atoms with van der Waals surface area (Å²) in [5, 5.41) is 11.2. The normalized spacial score (nSPS) is 16.8. The van der Waals surface area contributed by atoms with Crippen LogP contribution in [0.25, 0.3) is 12.2 Å². The average molecular weight is 387 g/mol. The fourth-order valence-corrected chi connectivity index (χ4v) is 3.76. The Morgan fingerprint density at radius 2 is 1.79 bits per heavy atom. The molecule has 0 saturated carbocycles. The van der Waals surface area contributed by atoms with Gasteiger partial charge in [0.25, 0.3) is 0 Å². The summed E-state index contributed by atoms with van der Waals surface area (Å²) in [5.74, 6) is 0.869. The second-order valence-electron chi connectivity index (χ2n) is 6.57. The molecule has 28 heavy (non-hydrogen) atoms. The molecule has 0 saturated heterocycles. The lowest BCUT2D eigenvalue weighted by atomic mass is 10.1. The smallest absolute Gasteiger partial charge is 0.118 e. The Kier molecular flexibility index (Phi) is 5.69. The highest BCUT2D eigenvalue weighted by Gasteiger charge is 2.24. The summed E-state index contributed by atoms with van der Waals surface area (Å²) >= 11 is 1.71. The van der Waals surface area contributed by atoms with Gasteiger partial charge >= 0.3 is 0 Å². The summed E-state index contributed by atoms with van der Waals surface area (Å²) in [5.41, 5.74) is 4.55. The van der Waals surface area contributed by atoms with Crippen molar-refractivity contribution >= 4 is 34.9 Å². The molecule has 4 heteroatoms. The molecule has 3 nitrogen and oxygen atoms in total. The van der Waals surface area contributed by atoms with Gasteiger partial charge in [0.2, 0.25) is 0 Å². The van der Waals surface area contributed by atoms with E-state index in [2.05, 4.69) is 70.4 Å². The molecule has 3 aromatic rings. The fraction of sp³-hybridized carbons (Fsp3) is 0.125. The molecule has 1 aromatic heterocycles. The van der Waals surface area contributed by atoms with Crippen LogP contribution in [-0.4, -0.2) is 18.9 Å². The van der Waals surface area contributed by atoms with E-state index in [1.807, 2.05) is 30.3 Å². The summed E-state index contributed by atoms with van der Waals surface area (Å²) in [6.45, 7) is 0. The largest absolute Gasteiger partial charge is 0.497 e. The van der Waals surface area contributed by atoms with Gasteiger partial charge in [-0.1, -0.05) is 48.6 Å². The number of rotatable bonds is 6. The molecule has 2 aromatic carbocycles. The zero-order valence-electron chi connectivity index (χ0n) is 15.7. The standard InChI is InChI=1S/C24H22N2OS/c1-27-24-13-9-19(10-14-24)8-12-23-17-21(11-7-20-15-16-28-18-20)25-26(23)22-5-3-2-4-6-22/h2-16,18,23H,17H2,1H3. The highest BCUT2D eigenvalue weighted by molar-refractivity contribution is 7.08. The van der Waals surface area contributed by atoms with Crippen LogP contribution < -0.4 is 9.75 Å². The second kappa shape index (κ2) is 8.72. The van der Waals surface area contributed by atoms with Crippen molar-refractivity contribution in [3.8, 4) is 5.75 Å². The summed E-state index contributed by atoms with van der Waals surface area (Å²) in [7, 11) is 1.68. The molecule has 1 atom stereocenters. The molecular formula is C24H22N2OS. The Labute approximate surface area is 169 Å². The van der Waals surface area contributed by atoms with E-state index < -0.39 is 0 Å². The Morgan fingerprint density at radius 3 is 2.50 bits per heavy atom. The van der Waals surface area contributed by atoms with Crippen molar-refractivity contribution in [2.45, 2.75) is 12.5 Å². The third kappa shape index (κ3) is 4.41. The summed E-state index contributed by atoms with van der Waals surface area (Å²) in [6.07, 6.45) is 9.51. The van der Waals surface area contributed by atoms with E-state index in [-0.39, 0.29) is 6.04 Å². The first-order chi connectivity index (χ1) is 13.8. The average Bonchev–Trinajstić information content (AvgIpc) is 3.41. The third-order valence-electron chi connectivity index (χ3n) is 4.63. The van der Waals surface area contributed by atoms with Crippen LogP contribution in [0.2, 0.25) is 0 Å². The van der Waals surface area contributed by atoms with E-state index in [0.717, 1.165) is 29.1 Å². The number of nitrogens with zero attached hydrogens (tertiary/aromatic N) is 2. The van der Waals surface area contributed by atoms with Crippen molar-refractivity contribution < 1.29 is 4.74 Å². The Morgan fingerprint density at radius 1 is 0.964 bits per heavy atom. The molecule has 0 spiro atoms. The molecule has 1 aliphatic heterocycles. The van der Waals surface area contributed by atoms with Gasteiger partial charge in [-0.2, -0.15) is 16.4 Å². The monoisotopic (exact) mass is 386 g/mol. The number of allylic oxidation sites excluding steroid dienone is 1. The molecule has 0 fully saturated rings. The molecule has 4 rings (SSSR count). The zero-order chi connectivity index (χ0) is 19.2. The number of ether oxygens (including phenoxy) is 1. The molecule has 0 N–H and O–H groups in total. The number of benzene rings is 2. The summed E-state index contributed by atoms with van der Waals surface area (Å²) < 4.78 is 5.24. The number of thiophene rings is 1. The molecule has 0 aliphatic carbocycles. The number of hydrogen-bond donors (Lipinski definition) is 0. The minimum atomic E-state index is 0.187. The predicted octanol–water partition coefficient (Wildman–Crippen LogP) is 6.12. The van der Waals surface area contributed by atoms with Crippen LogP contribution in [0.1, 0.15) is 17.5 Å². The van der Waals surface area contributed by atoms with E-state index in [1.165, 1.54) is 5.56 Å². The molecular weight excluding hydrogens is 364 g/mol. The zero-order valence-corrected chi connectivity index (χ0v) is 16.5. The van der Waals surface area contributed by atoms with E-state index in [9.17, 15) is 0 Å². The van der Waals surface area contributed by atoms with Crippen LogP contribution in [0, 0.1) is 0 Å². The summed E-state index contributed by atoms with van der Waals surface area (Å²) in [4.78, 5) is 0. The van der Waals surface area contributed by atoms with Gasteiger partial charge in [0.1, 0.15) is 5.75 Å². The maximum atomic E-state index is 5.24. The second-order valence-corrected chi connectivity index (χ2v) is 7.35. The van der Waals surface area contributed by atoms with Gasteiger partial charge in [-0.15, -0.1) is 0 Å². The first-order valence-corrected chi connectivity index (χ1v) is 10.2. The van der Waals surface area contributed by atoms with Crippen LogP contribution in [0.15, 0.2) is 88.7 Å². The van der Waals surface area contributed by atoms with Gasteiger partial charge in [-0.05, 0) is 58.3 Å². The van der Waals surface area contributed by atoms with Gasteiger partial charge in [0.05, 0.1) is 24.6 Å². The first-order valence-electron chi connectivity index (χ1n) is 9.26.